The summed E-state index contributed by atoms with van der Waals surface area (Å²) in [5.74, 6) is 1.37. The summed E-state index contributed by atoms with van der Waals surface area (Å²) in [5.41, 5.74) is 0.0790. The van der Waals surface area contributed by atoms with E-state index < -0.39 is 0 Å². The lowest BCUT2D eigenvalue weighted by Gasteiger charge is -2.36. The predicted molar refractivity (Wildman–Crippen MR) is 71.2 cm³/mol. The number of hydrogen-bond acceptors (Lipinski definition) is 3. The van der Waals surface area contributed by atoms with Gasteiger partial charge in [-0.05, 0) is 45.3 Å². The van der Waals surface area contributed by atoms with E-state index in [1.807, 2.05) is 0 Å². The zero-order valence-corrected chi connectivity index (χ0v) is 11.4. The van der Waals surface area contributed by atoms with Gasteiger partial charge in [0.05, 0.1) is 5.60 Å². The second kappa shape index (κ2) is 5.74. The zero-order chi connectivity index (χ0) is 11.4. The van der Waals surface area contributed by atoms with Crippen LogP contribution in [0, 0.1) is 0 Å². The molecular weight excluding hydrogens is 218 g/mol. The Hall–Kier alpha value is 0.270. The van der Waals surface area contributed by atoms with Crippen LogP contribution in [0.4, 0.5) is 0 Å². The molecule has 0 spiro atoms. The molecule has 2 nitrogen and oxygen atoms in total. The average Bonchev–Trinajstić information content (AvgIpc) is 2.27. The summed E-state index contributed by atoms with van der Waals surface area (Å²) in [6.45, 7) is 6.53. The molecule has 0 amide bonds. The smallest absolute Gasteiger partial charge is 0.0641 e. The van der Waals surface area contributed by atoms with E-state index in [2.05, 4.69) is 30.9 Å². The molecule has 0 bridgehead atoms. The Kier molecular flexibility index (Phi) is 4.57. The first-order valence-electron chi connectivity index (χ1n) is 6.65. The van der Waals surface area contributed by atoms with Gasteiger partial charge in [0.15, 0.2) is 0 Å². The summed E-state index contributed by atoms with van der Waals surface area (Å²) in [6.07, 6.45) is 6.60. The third kappa shape index (κ3) is 3.94. The summed E-state index contributed by atoms with van der Waals surface area (Å²) < 4.78 is 5.74. The molecular formula is C13H25NOS. The molecule has 2 saturated heterocycles. The highest BCUT2D eigenvalue weighted by molar-refractivity contribution is 7.99. The number of thioether (sulfide) groups is 1. The van der Waals surface area contributed by atoms with Gasteiger partial charge in [-0.2, -0.15) is 11.8 Å². The largest absolute Gasteiger partial charge is 0.375 e. The molecule has 2 fully saturated rings. The third-order valence-electron chi connectivity index (χ3n) is 3.61. The fourth-order valence-corrected chi connectivity index (χ4v) is 3.92. The van der Waals surface area contributed by atoms with Gasteiger partial charge in [0.25, 0.3) is 0 Å². The second-order valence-electron chi connectivity index (χ2n) is 5.69. The molecule has 0 aliphatic carbocycles. The quantitative estimate of drug-likeness (QED) is 0.823. The predicted octanol–water partition coefficient (Wildman–Crippen LogP) is 2.82. The van der Waals surface area contributed by atoms with Gasteiger partial charge in [0.2, 0.25) is 0 Å². The Morgan fingerprint density at radius 1 is 1.31 bits per heavy atom. The summed E-state index contributed by atoms with van der Waals surface area (Å²) in [5, 5.41) is 4.61. The number of nitrogens with one attached hydrogen (secondary N) is 1. The van der Waals surface area contributed by atoms with Gasteiger partial charge in [-0.25, -0.2) is 0 Å². The Bertz CT molecular complexity index is 214. The summed E-state index contributed by atoms with van der Waals surface area (Å²) >= 11 is 2.16. The van der Waals surface area contributed by atoms with Crippen molar-refractivity contribution in [2.45, 2.75) is 62.8 Å². The van der Waals surface area contributed by atoms with E-state index >= 15 is 0 Å². The van der Waals surface area contributed by atoms with Crippen molar-refractivity contribution in [3.05, 3.63) is 0 Å². The van der Waals surface area contributed by atoms with Crippen molar-refractivity contribution in [1.29, 1.82) is 0 Å². The maximum Gasteiger partial charge on any atom is 0.0641 e. The van der Waals surface area contributed by atoms with Gasteiger partial charge in [-0.15, -0.1) is 0 Å². The van der Waals surface area contributed by atoms with Crippen LogP contribution in [-0.2, 0) is 4.74 Å². The third-order valence-corrected chi connectivity index (χ3v) is 5.00. The minimum absolute atomic E-state index is 0.0790. The minimum Gasteiger partial charge on any atom is -0.375 e. The minimum atomic E-state index is 0.0790. The van der Waals surface area contributed by atoms with Crippen molar-refractivity contribution in [1.82, 2.24) is 5.32 Å². The molecule has 2 atom stereocenters. The summed E-state index contributed by atoms with van der Waals surface area (Å²) in [4.78, 5) is 0. The van der Waals surface area contributed by atoms with Gasteiger partial charge in [-0.3, -0.25) is 0 Å². The Morgan fingerprint density at radius 2 is 2.19 bits per heavy atom. The first kappa shape index (κ1) is 12.7. The highest BCUT2D eigenvalue weighted by Crippen LogP contribution is 2.26. The fraction of sp³-hybridized carbons (Fsp3) is 1.00. The van der Waals surface area contributed by atoms with E-state index in [1.54, 1.807) is 0 Å². The van der Waals surface area contributed by atoms with Gasteiger partial charge in [0, 0.05) is 24.4 Å². The number of ether oxygens (including phenoxy) is 1. The molecule has 16 heavy (non-hydrogen) atoms. The molecule has 94 valence electrons. The molecule has 3 heteroatoms. The van der Waals surface area contributed by atoms with Crippen molar-refractivity contribution in [2.24, 2.45) is 0 Å². The van der Waals surface area contributed by atoms with E-state index in [0.29, 0.717) is 6.04 Å². The maximum atomic E-state index is 5.74. The molecule has 2 heterocycles. The topological polar surface area (TPSA) is 21.3 Å². The number of hydrogen-bond donors (Lipinski definition) is 1. The van der Waals surface area contributed by atoms with E-state index in [1.165, 1.54) is 38.0 Å². The lowest BCUT2D eigenvalue weighted by molar-refractivity contribution is -0.0627. The summed E-state index contributed by atoms with van der Waals surface area (Å²) in [6, 6.07) is 0.672. The molecule has 0 saturated carbocycles. The second-order valence-corrected chi connectivity index (χ2v) is 7.10. The molecule has 0 aromatic heterocycles. The standard InChI is InChI=1S/C13H25NOS/c1-13(2)9-11(6-7-15-13)14-10-12-5-3-4-8-16-12/h11-12,14H,3-10H2,1-2H3. The monoisotopic (exact) mass is 243 g/mol. The molecule has 0 aromatic carbocycles. The lowest BCUT2D eigenvalue weighted by atomic mass is 9.94. The van der Waals surface area contributed by atoms with Crippen molar-refractivity contribution in [3.63, 3.8) is 0 Å². The van der Waals surface area contributed by atoms with E-state index in [9.17, 15) is 0 Å². The molecule has 0 aromatic rings. The van der Waals surface area contributed by atoms with Crippen LogP contribution in [0.25, 0.3) is 0 Å². The fourth-order valence-electron chi connectivity index (χ4n) is 2.67. The highest BCUT2D eigenvalue weighted by atomic mass is 32.2. The summed E-state index contributed by atoms with van der Waals surface area (Å²) in [7, 11) is 0. The van der Waals surface area contributed by atoms with Crippen LogP contribution in [0.5, 0.6) is 0 Å². The van der Waals surface area contributed by atoms with Gasteiger partial charge < -0.3 is 10.1 Å². The SMILES string of the molecule is CC1(C)CC(NCC2CCCCS2)CCO1. The van der Waals surface area contributed by atoms with E-state index in [0.717, 1.165) is 18.3 Å². The Labute approximate surface area is 104 Å². The normalized spacial score (nSPS) is 34.9. The van der Waals surface area contributed by atoms with Crippen LogP contribution >= 0.6 is 11.8 Å². The van der Waals surface area contributed by atoms with Crippen molar-refractivity contribution >= 4 is 11.8 Å². The van der Waals surface area contributed by atoms with Crippen LogP contribution < -0.4 is 5.32 Å². The van der Waals surface area contributed by atoms with Crippen LogP contribution in [-0.4, -0.2) is 35.8 Å². The van der Waals surface area contributed by atoms with Crippen LogP contribution in [0.3, 0.4) is 0 Å². The molecule has 2 aliphatic heterocycles. The molecule has 0 radical (unpaired) electrons. The van der Waals surface area contributed by atoms with Crippen molar-refractivity contribution in [3.8, 4) is 0 Å². The van der Waals surface area contributed by atoms with E-state index in [4.69, 9.17) is 4.74 Å². The van der Waals surface area contributed by atoms with E-state index in [-0.39, 0.29) is 5.60 Å². The molecule has 1 N–H and O–H groups in total. The first-order chi connectivity index (χ1) is 7.66. The molecule has 2 aliphatic rings. The maximum absolute atomic E-state index is 5.74. The van der Waals surface area contributed by atoms with Crippen LogP contribution in [0.15, 0.2) is 0 Å². The number of rotatable bonds is 3. The highest BCUT2D eigenvalue weighted by Gasteiger charge is 2.28. The van der Waals surface area contributed by atoms with Crippen LogP contribution in [0.2, 0.25) is 0 Å². The molecule has 2 unspecified atom stereocenters. The van der Waals surface area contributed by atoms with Crippen LogP contribution in [0.1, 0.15) is 46.0 Å². The average molecular weight is 243 g/mol. The lowest BCUT2D eigenvalue weighted by Crippen LogP contribution is -2.45. The molecule has 2 rings (SSSR count). The Balaban J connectivity index is 1.68. The van der Waals surface area contributed by atoms with Crippen molar-refractivity contribution in [2.75, 3.05) is 18.9 Å². The van der Waals surface area contributed by atoms with Gasteiger partial charge in [0.1, 0.15) is 0 Å². The van der Waals surface area contributed by atoms with Gasteiger partial charge in [-0.1, -0.05) is 6.42 Å². The Morgan fingerprint density at radius 3 is 2.88 bits per heavy atom. The zero-order valence-electron chi connectivity index (χ0n) is 10.6. The van der Waals surface area contributed by atoms with Gasteiger partial charge >= 0.3 is 0 Å². The van der Waals surface area contributed by atoms with Crippen molar-refractivity contribution < 1.29 is 4.74 Å². The first-order valence-corrected chi connectivity index (χ1v) is 7.69.